The molecule has 1 saturated heterocycles. The Labute approximate surface area is 189 Å². The lowest BCUT2D eigenvalue weighted by atomic mass is 10.1. The molecule has 0 amide bonds. The Morgan fingerprint density at radius 3 is 2.06 bits per heavy atom. The third-order valence-electron chi connectivity index (χ3n) is 6.07. The van der Waals surface area contributed by atoms with Crippen LogP contribution in [0.1, 0.15) is 19.3 Å². The van der Waals surface area contributed by atoms with E-state index in [0.717, 1.165) is 52.8 Å². The van der Waals surface area contributed by atoms with Crippen molar-refractivity contribution in [2.75, 3.05) is 26.2 Å². The predicted octanol–water partition coefficient (Wildman–Crippen LogP) is 6.28. The van der Waals surface area contributed by atoms with Gasteiger partial charge < -0.3 is 9.72 Å². The summed E-state index contributed by atoms with van der Waals surface area (Å²) in [5.41, 5.74) is 5.26. The Morgan fingerprint density at radius 2 is 1.38 bits per heavy atom. The summed E-state index contributed by atoms with van der Waals surface area (Å²) in [6.07, 6.45) is 3.99. The smallest absolute Gasteiger partial charge is 0.138 e. The molecule has 0 unspecified atom stereocenters. The van der Waals surface area contributed by atoms with Gasteiger partial charge in [0.05, 0.1) is 11.4 Å². The molecule has 0 saturated carbocycles. The van der Waals surface area contributed by atoms with Crippen molar-refractivity contribution in [2.45, 2.75) is 19.3 Å². The summed E-state index contributed by atoms with van der Waals surface area (Å²) < 4.78 is 6.02. The number of ether oxygens (including phenoxy) is 1. The first-order chi connectivity index (χ1) is 15.9. The van der Waals surface area contributed by atoms with E-state index in [2.05, 4.69) is 70.5 Å². The molecule has 1 fully saturated rings. The van der Waals surface area contributed by atoms with Gasteiger partial charge in [-0.05, 0) is 50.2 Å². The molecule has 0 bridgehead atoms. The minimum Gasteiger partial charge on any atom is -0.492 e. The molecule has 0 radical (unpaired) electrons. The molecule has 3 aromatic carbocycles. The first-order valence-electron chi connectivity index (χ1n) is 11.5. The molecular formula is C28H29N3O. The van der Waals surface area contributed by atoms with Gasteiger partial charge in [0.15, 0.2) is 0 Å². The van der Waals surface area contributed by atoms with Crippen LogP contribution in [0.5, 0.6) is 5.75 Å². The van der Waals surface area contributed by atoms with Gasteiger partial charge in [-0.1, -0.05) is 67.1 Å². The van der Waals surface area contributed by atoms with Crippen LogP contribution in [0.3, 0.4) is 0 Å². The molecule has 4 aromatic rings. The lowest BCUT2D eigenvalue weighted by Crippen LogP contribution is -2.33. The first kappa shape index (κ1) is 20.5. The number of piperidine rings is 1. The molecule has 1 N–H and O–H groups in total. The van der Waals surface area contributed by atoms with Crippen LogP contribution < -0.4 is 4.74 Å². The van der Waals surface area contributed by atoms with Crippen molar-refractivity contribution in [1.29, 1.82) is 0 Å². The topological polar surface area (TPSA) is 41.1 Å². The van der Waals surface area contributed by atoms with Crippen LogP contribution in [-0.2, 0) is 0 Å². The highest BCUT2D eigenvalue weighted by molar-refractivity contribution is 5.81. The number of benzene rings is 3. The third kappa shape index (κ3) is 4.76. The maximum atomic E-state index is 6.02. The fourth-order valence-corrected chi connectivity index (χ4v) is 4.31. The second-order valence-electron chi connectivity index (χ2n) is 8.32. The monoisotopic (exact) mass is 423 g/mol. The minimum atomic E-state index is 0.733. The summed E-state index contributed by atoms with van der Waals surface area (Å²) in [6, 6.07) is 28.9. The Hall–Kier alpha value is -3.37. The van der Waals surface area contributed by atoms with Crippen molar-refractivity contribution in [2.24, 2.45) is 0 Å². The quantitative estimate of drug-likeness (QED) is 0.381. The van der Waals surface area contributed by atoms with Crippen molar-refractivity contribution in [3.63, 3.8) is 0 Å². The molecule has 4 heteroatoms. The lowest BCUT2D eigenvalue weighted by molar-refractivity contribution is 0.183. The van der Waals surface area contributed by atoms with Crippen LogP contribution in [0.15, 0.2) is 84.9 Å². The van der Waals surface area contributed by atoms with Gasteiger partial charge in [0.2, 0.25) is 0 Å². The van der Waals surface area contributed by atoms with Crippen LogP contribution in [0, 0.1) is 0 Å². The lowest BCUT2D eigenvalue weighted by Gasteiger charge is -2.26. The molecule has 1 aliphatic rings. The van der Waals surface area contributed by atoms with E-state index in [1.807, 2.05) is 24.3 Å². The fraction of sp³-hybridized carbons (Fsp3) is 0.250. The highest BCUT2D eigenvalue weighted by atomic mass is 16.5. The van der Waals surface area contributed by atoms with Gasteiger partial charge in [0, 0.05) is 23.2 Å². The van der Waals surface area contributed by atoms with E-state index in [-0.39, 0.29) is 0 Å². The molecule has 162 valence electrons. The van der Waals surface area contributed by atoms with Gasteiger partial charge in [-0.15, -0.1) is 0 Å². The fourth-order valence-electron chi connectivity index (χ4n) is 4.31. The van der Waals surface area contributed by atoms with Gasteiger partial charge in [0.25, 0.3) is 0 Å². The predicted molar refractivity (Wildman–Crippen MR) is 131 cm³/mol. The van der Waals surface area contributed by atoms with Gasteiger partial charge >= 0.3 is 0 Å². The highest BCUT2D eigenvalue weighted by Crippen LogP contribution is 2.33. The zero-order valence-corrected chi connectivity index (χ0v) is 18.3. The van der Waals surface area contributed by atoms with Crippen LogP contribution in [0.2, 0.25) is 0 Å². The van der Waals surface area contributed by atoms with Gasteiger partial charge in [-0.3, -0.25) is 4.90 Å². The summed E-state index contributed by atoms with van der Waals surface area (Å²) in [4.78, 5) is 11.0. The van der Waals surface area contributed by atoms with Crippen LogP contribution >= 0.6 is 0 Å². The number of aromatic amines is 1. The van der Waals surface area contributed by atoms with E-state index in [1.165, 1.54) is 32.4 Å². The van der Waals surface area contributed by atoms with E-state index < -0.39 is 0 Å². The standard InChI is InChI=1S/C28H29N3O/c1-4-10-22(11-5-1)26-27(30-28(29-26)24-12-6-2-7-13-24)23-14-16-25(17-15-23)32-21-20-31-18-8-3-9-19-31/h1-2,4-7,10-17H,3,8-9,18-21H2,(H,29,30). The van der Waals surface area contributed by atoms with E-state index >= 15 is 0 Å². The van der Waals surface area contributed by atoms with E-state index in [0.29, 0.717) is 0 Å². The van der Waals surface area contributed by atoms with Gasteiger partial charge in [-0.25, -0.2) is 4.98 Å². The number of H-pyrrole nitrogens is 1. The van der Waals surface area contributed by atoms with E-state index in [1.54, 1.807) is 0 Å². The van der Waals surface area contributed by atoms with Crippen LogP contribution in [-0.4, -0.2) is 41.1 Å². The Bertz CT molecular complexity index is 1110. The van der Waals surface area contributed by atoms with Gasteiger partial charge in [-0.2, -0.15) is 0 Å². The van der Waals surface area contributed by atoms with Crippen molar-refractivity contribution in [3.8, 4) is 39.7 Å². The van der Waals surface area contributed by atoms with E-state index in [9.17, 15) is 0 Å². The third-order valence-corrected chi connectivity index (χ3v) is 6.07. The van der Waals surface area contributed by atoms with Crippen molar-refractivity contribution >= 4 is 0 Å². The molecule has 32 heavy (non-hydrogen) atoms. The Balaban J connectivity index is 1.36. The van der Waals surface area contributed by atoms with E-state index in [4.69, 9.17) is 9.72 Å². The molecule has 0 aliphatic carbocycles. The van der Waals surface area contributed by atoms with Crippen molar-refractivity contribution in [3.05, 3.63) is 84.9 Å². The second kappa shape index (κ2) is 9.84. The highest BCUT2D eigenvalue weighted by Gasteiger charge is 2.15. The molecular weight excluding hydrogens is 394 g/mol. The normalized spacial score (nSPS) is 14.4. The van der Waals surface area contributed by atoms with Crippen LogP contribution in [0.25, 0.3) is 33.9 Å². The van der Waals surface area contributed by atoms with Gasteiger partial charge in [0.1, 0.15) is 18.2 Å². The number of hydrogen-bond acceptors (Lipinski definition) is 3. The Kier molecular flexibility index (Phi) is 6.31. The molecule has 2 heterocycles. The number of hydrogen-bond donors (Lipinski definition) is 1. The molecule has 5 rings (SSSR count). The zero-order valence-electron chi connectivity index (χ0n) is 18.3. The first-order valence-corrected chi connectivity index (χ1v) is 11.5. The maximum absolute atomic E-state index is 6.02. The summed E-state index contributed by atoms with van der Waals surface area (Å²) in [6.45, 7) is 4.14. The number of nitrogens with one attached hydrogen (secondary N) is 1. The maximum Gasteiger partial charge on any atom is 0.138 e. The number of likely N-dealkylation sites (tertiary alicyclic amines) is 1. The molecule has 0 spiro atoms. The summed E-state index contributed by atoms with van der Waals surface area (Å²) >= 11 is 0. The molecule has 1 aromatic heterocycles. The SMILES string of the molecule is c1ccc(-c2nc(-c3ccccc3)c(-c3ccc(OCCN4CCCCC4)cc3)[nH]2)cc1. The summed E-state index contributed by atoms with van der Waals surface area (Å²) in [7, 11) is 0. The average molecular weight is 424 g/mol. The van der Waals surface area contributed by atoms with Crippen LogP contribution in [0.4, 0.5) is 0 Å². The summed E-state index contributed by atoms with van der Waals surface area (Å²) in [5.74, 6) is 1.79. The minimum absolute atomic E-state index is 0.733. The average Bonchev–Trinajstić information content (AvgIpc) is 3.32. The number of rotatable bonds is 7. The van der Waals surface area contributed by atoms with Crippen molar-refractivity contribution in [1.82, 2.24) is 14.9 Å². The second-order valence-corrected chi connectivity index (χ2v) is 8.32. The molecule has 1 aliphatic heterocycles. The van der Waals surface area contributed by atoms with Crippen molar-refractivity contribution < 1.29 is 4.74 Å². The number of nitrogens with zero attached hydrogens (tertiary/aromatic N) is 2. The molecule has 4 nitrogen and oxygen atoms in total. The molecule has 0 atom stereocenters. The largest absolute Gasteiger partial charge is 0.492 e. The number of imidazole rings is 1. The zero-order chi connectivity index (χ0) is 21.6. The summed E-state index contributed by atoms with van der Waals surface area (Å²) in [5, 5.41) is 0. The number of aromatic nitrogens is 2. The Morgan fingerprint density at radius 1 is 0.719 bits per heavy atom.